The van der Waals surface area contributed by atoms with Crippen LogP contribution in [-0.4, -0.2) is 71.4 Å². The van der Waals surface area contributed by atoms with E-state index in [2.05, 4.69) is 25.2 Å². The number of amides is 1. The molecule has 1 amide bonds. The summed E-state index contributed by atoms with van der Waals surface area (Å²) >= 11 is 0. The van der Waals surface area contributed by atoms with Crippen LogP contribution in [-0.2, 0) is 6.42 Å². The van der Waals surface area contributed by atoms with E-state index in [0.29, 0.717) is 18.2 Å². The van der Waals surface area contributed by atoms with Crippen LogP contribution in [0.25, 0.3) is 0 Å². The molecule has 0 saturated heterocycles. The number of carbonyl (C=O) groups is 1. The number of likely N-dealkylation sites (N-methyl/N-ethyl adjacent to an activating group) is 1. The Hall–Kier alpha value is -2.54. The maximum atomic E-state index is 12.5. The summed E-state index contributed by atoms with van der Waals surface area (Å²) in [6.07, 6.45) is 6.91. The zero-order valence-corrected chi connectivity index (χ0v) is 15.1. The third-order valence-corrected chi connectivity index (χ3v) is 3.77. The van der Waals surface area contributed by atoms with Gasteiger partial charge in [-0.2, -0.15) is 0 Å². The van der Waals surface area contributed by atoms with E-state index in [1.807, 2.05) is 26.2 Å². The number of hydrogen-bond donors (Lipinski definition) is 1. The van der Waals surface area contributed by atoms with Gasteiger partial charge in [0.2, 0.25) is 5.95 Å². The number of pyridine rings is 1. The second kappa shape index (κ2) is 9.68. The maximum Gasteiger partial charge on any atom is 0.272 e. The normalized spacial score (nSPS) is 10.7. The van der Waals surface area contributed by atoms with E-state index in [1.54, 1.807) is 36.6 Å². The van der Waals surface area contributed by atoms with Crippen molar-refractivity contribution in [2.75, 3.05) is 46.1 Å². The molecular weight excluding hydrogens is 316 g/mol. The summed E-state index contributed by atoms with van der Waals surface area (Å²) in [4.78, 5) is 28.8. The lowest BCUT2D eigenvalue weighted by Gasteiger charge is -2.17. The summed E-state index contributed by atoms with van der Waals surface area (Å²) in [5.74, 6) is 0.389. The molecule has 2 rings (SSSR count). The Labute approximate surface area is 149 Å². The number of nitrogens with zero attached hydrogens (tertiary/aromatic N) is 5. The van der Waals surface area contributed by atoms with E-state index in [0.717, 1.165) is 31.5 Å². The lowest BCUT2D eigenvalue weighted by Crippen LogP contribution is -2.29. The number of anilines is 1. The molecule has 0 aliphatic rings. The molecule has 0 aliphatic heterocycles. The van der Waals surface area contributed by atoms with E-state index in [4.69, 9.17) is 0 Å². The standard InChI is InChI=1S/C18H26N6O/c1-23(2)13-4-9-20-18-21-12-7-16(22-18)17(25)24(3)14-8-15-5-10-19-11-6-15/h5-7,10-12H,4,8-9,13-14H2,1-3H3,(H,20,21,22). The van der Waals surface area contributed by atoms with Crippen molar-refractivity contribution >= 4 is 11.9 Å². The number of rotatable bonds is 9. The first kappa shape index (κ1) is 18.8. The van der Waals surface area contributed by atoms with Crippen LogP contribution < -0.4 is 5.32 Å². The Morgan fingerprint density at radius 2 is 1.84 bits per heavy atom. The first-order valence-corrected chi connectivity index (χ1v) is 8.42. The zero-order chi connectivity index (χ0) is 18.1. The van der Waals surface area contributed by atoms with E-state index >= 15 is 0 Å². The summed E-state index contributed by atoms with van der Waals surface area (Å²) in [6.45, 7) is 2.38. The largest absolute Gasteiger partial charge is 0.354 e. The van der Waals surface area contributed by atoms with Gasteiger partial charge in [-0.3, -0.25) is 9.78 Å². The highest BCUT2D eigenvalue weighted by Crippen LogP contribution is 2.06. The summed E-state index contributed by atoms with van der Waals surface area (Å²) in [7, 11) is 5.87. The van der Waals surface area contributed by atoms with Crippen molar-refractivity contribution in [1.29, 1.82) is 0 Å². The zero-order valence-electron chi connectivity index (χ0n) is 15.1. The van der Waals surface area contributed by atoms with Crippen molar-refractivity contribution in [2.45, 2.75) is 12.8 Å². The second-order valence-corrected chi connectivity index (χ2v) is 6.18. The van der Waals surface area contributed by atoms with Crippen LogP contribution in [0.4, 0.5) is 5.95 Å². The van der Waals surface area contributed by atoms with Gasteiger partial charge in [-0.05, 0) is 57.2 Å². The molecule has 1 N–H and O–H groups in total. The fraction of sp³-hybridized carbons (Fsp3) is 0.444. The molecule has 0 spiro atoms. The molecule has 2 heterocycles. The highest BCUT2D eigenvalue weighted by atomic mass is 16.2. The monoisotopic (exact) mass is 342 g/mol. The van der Waals surface area contributed by atoms with E-state index in [9.17, 15) is 4.79 Å². The van der Waals surface area contributed by atoms with E-state index < -0.39 is 0 Å². The van der Waals surface area contributed by atoms with Gasteiger partial charge in [-0.15, -0.1) is 0 Å². The van der Waals surface area contributed by atoms with E-state index in [-0.39, 0.29) is 5.91 Å². The topological polar surface area (TPSA) is 74.2 Å². The highest BCUT2D eigenvalue weighted by Gasteiger charge is 2.14. The van der Waals surface area contributed by atoms with Gasteiger partial charge in [0.05, 0.1) is 0 Å². The van der Waals surface area contributed by atoms with Crippen LogP contribution in [0.1, 0.15) is 22.5 Å². The summed E-state index contributed by atoms with van der Waals surface area (Å²) < 4.78 is 0. The predicted octanol–water partition coefficient (Wildman–Crippen LogP) is 1.55. The number of carbonyl (C=O) groups excluding carboxylic acids is 1. The number of aromatic nitrogens is 3. The first-order chi connectivity index (χ1) is 12.1. The molecule has 0 aromatic carbocycles. The molecule has 0 fully saturated rings. The molecule has 0 unspecified atom stereocenters. The Kier molecular flexibility index (Phi) is 7.28. The van der Waals surface area contributed by atoms with Crippen molar-refractivity contribution in [2.24, 2.45) is 0 Å². The summed E-state index contributed by atoms with van der Waals surface area (Å²) in [6, 6.07) is 5.56. The summed E-state index contributed by atoms with van der Waals surface area (Å²) in [5.41, 5.74) is 1.56. The van der Waals surface area contributed by atoms with Gasteiger partial charge in [-0.25, -0.2) is 9.97 Å². The second-order valence-electron chi connectivity index (χ2n) is 6.18. The maximum absolute atomic E-state index is 12.5. The fourth-order valence-electron chi connectivity index (χ4n) is 2.30. The van der Waals surface area contributed by atoms with Gasteiger partial charge in [0.1, 0.15) is 5.69 Å². The molecule has 0 aliphatic carbocycles. The van der Waals surface area contributed by atoms with Gasteiger partial charge in [-0.1, -0.05) is 0 Å². The van der Waals surface area contributed by atoms with Crippen molar-refractivity contribution in [3.8, 4) is 0 Å². The van der Waals surface area contributed by atoms with Crippen LogP contribution >= 0.6 is 0 Å². The first-order valence-electron chi connectivity index (χ1n) is 8.42. The fourth-order valence-corrected chi connectivity index (χ4v) is 2.30. The van der Waals surface area contributed by atoms with Crippen LogP contribution in [0, 0.1) is 0 Å². The molecule has 0 radical (unpaired) electrons. The highest BCUT2D eigenvalue weighted by molar-refractivity contribution is 5.92. The summed E-state index contributed by atoms with van der Waals surface area (Å²) in [5, 5.41) is 3.17. The minimum Gasteiger partial charge on any atom is -0.354 e. The third-order valence-electron chi connectivity index (χ3n) is 3.77. The van der Waals surface area contributed by atoms with Gasteiger partial charge >= 0.3 is 0 Å². The lowest BCUT2D eigenvalue weighted by molar-refractivity contribution is 0.0791. The molecule has 7 heteroatoms. The molecule has 0 saturated carbocycles. The number of nitrogens with one attached hydrogen (secondary N) is 1. The third kappa shape index (κ3) is 6.46. The SMILES string of the molecule is CN(C)CCCNc1nccc(C(=O)N(C)CCc2ccncc2)n1. The van der Waals surface area contributed by atoms with Crippen molar-refractivity contribution in [1.82, 2.24) is 24.8 Å². The number of hydrogen-bond acceptors (Lipinski definition) is 6. The Balaban J connectivity index is 1.86. The molecule has 7 nitrogen and oxygen atoms in total. The van der Waals surface area contributed by atoms with Crippen molar-refractivity contribution in [3.63, 3.8) is 0 Å². The average Bonchev–Trinajstić information content (AvgIpc) is 2.63. The van der Waals surface area contributed by atoms with Gasteiger partial charge in [0.25, 0.3) is 5.91 Å². The van der Waals surface area contributed by atoms with Crippen LogP contribution in [0.5, 0.6) is 0 Å². The minimum absolute atomic E-state index is 0.104. The van der Waals surface area contributed by atoms with Gasteiger partial charge < -0.3 is 15.1 Å². The average molecular weight is 342 g/mol. The minimum atomic E-state index is -0.104. The molecule has 0 atom stereocenters. The van der Waals surface area contributed by atoms with Crippen LogP contribution in [0.15, 0.2) is 36.8 Å². The van der Waals surface area contributed by atoms with Crippen molar-refractivity contribution in [3.05, 3.63) is 48.0 Å². The Bertz CT molecular complexity index is 662. The van der Waals surface area contributed by atoms with E-state index in [1.165, 1.54) is 0 Å². The Morgan fingerprint density at radius 3 is 2.56 bits per heavy atom. The predicted molar refractivity (Wildman–Crippen MR) is 98.6 cm³/mol. The molecular formula is C18H26N6O. The lowest BCUT2D eigenvalue weighted by atomic mass is 10.2. The van der Waals surface area contributed by atoms with Crippen LogP contribution in [0.3, 0.4) is 0 Å². The molecule has 2 aromatic heterocycles. The van der Waals surface area contributed by atoms with Crippen molar-refractivity contribution < 1.29 is 4.79 Å². The molecule has 25 heavy (non-hydrogen) atoms. The smallest absolute Gasteiger partial charge is 0.272 e. The molecule has 2 aromatic rings. The van der Waals surface area contributed by atoms with Gasteiger partial charge in [0, 0.05) is 38.7 Å². The van der Waals surface area contributed by atoms with Crippen LogP contribution in [0.2, 0.25) is 0 Å². The molecule has 134 valence electrons. The Morgan fingerprint density at radius 1 is 1.08 bits per heavy atom. The quantitative estimate of drug-likeness (QED) is 0.697. The van der Waals surface area contributed by atoms with Gasteiger partial charge in [0.15, 0.2) is 0 Å². The molecule has 0 bridgehead atoms.